The molecule has 8 heteroatoms. The van der Waals surface area contributed by atoms with Gasteiger partial charge in [0.1, 0.15) is 5.75 Å². The minimum absolute atomic E-state index is 0.00372. The Kier molecular flexibility index (Phi) is 5.34. The zero-order chi connectivity index (χ0) is 22.1. The topological polar surface area (TPSA) is 88.8 Å². The predicted molar refractivity (Wildman–Crippen MR) is 116 cm³/mol. The Labute approximate surface area is 185 Å². The van der Waals surface area contributed by atoms with E-state index in [2.05, 4.69) is 10.1 Å². The van der Waals surface area contributed by atoms with Crippen LogP contribution < -0.4 is 9.64 Å². The van der Waals surface area contributed by atoms with Crippen LogP contribution >= 0.6 is 0 Å². The number of nitrogens with zero attached hydrogens (tertiary/aromatic N) is 4. The monoisotopic (exact) mass is 432 g/mol. The summed E-state index contributed by atoms with van der Waals surface area (Å²) in [4.78, 5) is 33.4. The Bertz CT molecular complexity index is 1120. The minimum atomic E-state index is -0.342. The number of amides is 2. The molecule has 0 N–H and O–H groups in total. The quantitative estimate of drug-likeness (QED) is 0.595. The van der Waals surface area contributed by atoms with Gasteiger partial charge in [0.05, 0.1) is 18.9 Å². The number of ether oxygens (including phenoxy) is 1. The molecule has 2 amide bonds. The van der Waals surface area contributed by atoms with Gasteiger partial charge in [0.2, 0.25) is 17.7 Å². The van der Waals surface area contributed by atoms with Gasteiger partial charge in [-0.15, -0.1) is 0 Å². The Morgan fingerprint density at radius 3 is 2.72 bits per heavy atom. The SMILES string of the molecule is COc1cccc(N2CC(C(=O)N3CC(c4nc(Cc5ccccc5)no4)C3)CC2=O)c1. The van der Waals surface area contributed by atoms with Crippen molar-refractivity contribution < 1.29 is 18.8 Å². The zero-order valence-corrected chi connectivity index (χ0v) is 17.8. The van der Waals surface area contributed by atoms with E-state index >= 15 is 0 Å². The van der Waals surface area contributed by atoms with Crippen molar-refractivity contribution in [2.24, 2.45) is 5.92 Å². The van der Waals surface area contributed by atoms with Crippen molar-refractivity contribution in [1.29, 1.82) is 0 Å². The fraction of sp³-hybridized carbons (Fsp3) is 0.333. The van der Waals surface area contributed by atoms with Crippen molar-refractivity contribution in [2.75, 3.05) is 31.6 Å². The summed E-state index contributed by atoms with van der Waals surface area (Å²) in [6.45, 7) is 1.46. The van der Waals surface area contributed by atoms with Gasteiger partial charge in [-0.05, 0) is 17.7 Å². The molecule has 5 rings (SSSR count). The van der Waals surface area contributed by atoms with E-state index in [1.54, 1.807) is 16.9 Å². The number of hydrogen-bond donors (Lipinski definition) is 0. The lowest BCUT2D eigenvalue weighted by Crippen LogP contribution is -2.51. The van der Waals surface area contributed by atoms with Gasteiger partial charge < -0.3 is 19.1 Å². The number of rotatable bonds is 6. The standard InChI is InChI=1S/C24H24N4O4/c1-31-20-9-5-8-19(12-20)28-15-17(11-22(28)29)24(30)27-13-18(14-27)23-25-21(26-32-23)10-16-6-3-2-4-7-16/h2-9,12,17-18H,10-11,13-15H2,1H3. The van der Waals surface area contributed by atoms with E-state index in [-0.39, 0.29) is 30.1 Å². The molecule has 0 spiro atoms. The van der Waals surface area contributed by atoms with Gasteiger partial charge in [-0.3, -0.25) is 9.59 Å². The second-order valence-electron chi connectivity index (χ2n) is 8.26. The molecule has 1 unspecified atom stereocenters. The van der Waals surface area contributed by atoms with Crippen LogP contribution in [0, 0.1) is 5.92 Å². The molecule has 2 aromatic carbocycles. The number of carbonyl (C=O) groups excluding carboxylic acids is 2. The highest BCUT2D eigenvalue weighted by Gasteiger charge is 2.42. The molecule has 0 bridgehead atoms. The van der Waals surface area contributed by atoms with Crippen LogP contribution in [0.1, 0.15) is 29.6 Å². The molecule has 8 nitrogen and oxygen atoms in total. The van der Waals surface area contributed by atoms with E-state index < -0.39 is 0 Å². The summed E-state index contributed by atoms with van der Waals surface area (Å²) in [5.41, 5.74) is 1.87. The third kappa shape index (κ3) is 3.95. The molecule has 2 saturated heterocycles. The molecule has 0 aliphatic carbocycles. The van der Waals surface area contributed by atoms with E-state index in [1.165, 1.54) is 0 Å². The fourth-order valence-corrected chi connectivity index (χ4v) is 4.26. The summed E-state index contributed by atoms with van der Waals surface area (Å²) >= 11 is 0. The highest BCUT2D eigenvalue weighted by molar-refractivity contribution is 6.00. The average molecular weight is 432 g/mol. The van der Waals surface area contributed by atoms with Crippen LogP contribution in [0.3, 0.4) is 0 Å². The van der Waals surface area contributed by atoms with Crippen LogP contribution in [0.5, 0.6) is 5.75 Å². The first kappa shape index (κ1) is 20.2. The molecular weight excluding hydrogens is 408 g/mol. The van der Waals surface area contributed by atoms with Gasteiger partial charge >= 0.3 is 0 Å². The molecule has 3 aromatic rings. The highest BCUT2D eigenvalue weighted by Crippen LogP contribution is 2.32. The molecule has 32 heavy (non-hydrogen) atoms. The fourth-order valence-electron chi connectivity index (χ4n) is 4.26. The molecule has 1 aromatic heterocycles. The summed E-state index contributed by atoms with van der Waals surface area (Å²) in [7, 11) is 1.59. The van der Waals surface area contributed by atoms with Gasteiger partial charge in [0.15, 0.2) is 5.82 Å². The van der Waals surface area contributed by atoms with Crippen molar-refractivity contribution in [3.05, 3.63) is 71.9 Å². The lowest BCUT2D eigenvalue weighted by molar-refractivity contribution is -0.140. The Morgan fingerprint density at radius 2 is 1.94 bits per heavy atom. The smallest absolute Gasteiger partial charge is 0.233 e. The number of anilines is 1. The Hall–Kier alpha value is -3.68. The number of methoxy groups -OCH3 is 1. The summed E-state index contributed by atoms with van der Waals surface area (Å²) in [6.07, 6.45) is 0.836. The molecule has 2 aliphatic heterocycles. The van der Waals surface area contributed by atoms with E-state index in [1.807, 2.05) is 54.6 Å². The molecule has 2 aliphatic rings. The second kappa shape index (κ2) is 8.45. The largest absolute Gasteiger partial charge is 0.497 e. The van der Waals surface area contributed by atoms with Crippen LogP contribution in [-0.2, 0) is 16.0 Å². The number of aromatic nitrogens is 2. The van der Waals surface area contributed by atoms with E-state index in [0.29, 0.717) is 43.5 Å². The highest BCUT2D eigenvalue weighted by atomic mass is 16.5. The summed E-state index contributed by atoms with van der Waals surface area (Å²) in [5, 5.41) is 4.08. The van der Waals surface area contributed by atoms with Crippen LogP contribution in [-0.4, -0.2) is 53.6 Å². The molecule has 2 fully saturated rings. The van der Waals surface area contributed by atoms with E-state index in [0.717, 1.165) is 11.3 Å². The normalized spacial score (nSPS) is 18.7. The predicted octanol–water partition coefficient (Wildman–Crippen LogP) is 2.65. The van der Waals surface area contributed by atoms with Crippen molar-refractivity contribution >= 4 is 17.5 Å². The first-order valence-electron chi connectivity index (χ1n) is 10.7. The van der Waals surface area contributed by atoms with E-state index in [4.69, 9.17) is 9.26 Å². The van der Waals surface area contributed by atoms with Crippen LogP contribution in [0.4, 0.5) is 5.69 Å². The maximum absolute atomic E-state index is 13.0. The van der Waals surface area contributed by atoms with Crippen molar-refractivity contribution in [1.82, 2.24) is 15.0 Å². The van der Waals surface area contributed by atoms with Gasteiger partial charge in [-0.1, -0.05) is 41.6 Å². The lowest BCUT2D eigenvalue weighted by atomic mass is 9.96. The molecule has 0 saturated carbocycles. The first-order chi connectivity index (χ1) is 15.6. The number of benzene rings is 2. The summed E-state index contributed by atoms with van der Waals surface area (Å²) in [5.74, 6) is 1.56. The van der Waals surface area contributed by atoms with Gasteiger partial charge in [-0.2, -0.15) is 4.98 Å². The first-order valence-corrected chi connectivity index (χ1v) is 10.7. The number of carbonyl (C=O) groups is 2. The summed E-state index contributed by atoms with van der Waals surface area (Å²) < 4.78 is 10.7. The zero-order valence-electron chi connectivity index (χ0n) is 17.8. The third-order valence-electron chi connectivity index (χ3n) is 6.07. The maximum atomic E-state index is 13.0. The molecule has 1 atom stereocenters. The Balaban J connectivity index is 1.17. The van der Waals surface area contributed by atoms with Crippen molar-refractivity contribution in [3.63, 3.8) is 0 Å². The average Bonchev–Trinajstić information content (AvgIpc) is 3.40. The van der Waals surface area contributed by atoms with E-state index in [9.17, 15) is 9.59 Å². The van der Waals surface area contributed by atoms with Crippen LogP contribution in [0.15, 0.2) is 59.1 Å². The third-order valence-corrected chi connectivity index (χ3v) is 6.07. The number of hydrogen-bond acceptors (Lipinski definition) is 6. The molecule has 0 radical (unpaired) electrons. The molecule has 164 valence electrons. The van der Waals surface area contributed by atoms with Gasteiger partial charge in [0.25, 0.3) is 0 Å². The van der Waals surface area contributed by atoms with Crippen LogP contribution in [0.25, 0.3) is 0 Å². The second-order valence-corrected chi connectivity index (χ2v) is 8.26. The maximum Gasteiger partial charge on any atom is 0.233 e. The van der Waals surface area contributed by atoms with Crippen molar-refractivity contribution in [3.8, 4) is 5.75 Å². The minimum Gasteiger partial charge on any atom is -0.497 e. The summed E-state index contributed by atoms with van der Waals surface area (Å²) in [6, 6.07) is 17.3. The van der Waals surface area contributed by atoms with Gasteiger partial charge in [0, 0.05) is 44.2 Å². The lowest BCUT2D eigenvalue weighted by Gasteiger charge is -2.38. The number of likely N-dealkylation sites (tertiary alicyclic amines) is 1. The van der Waals surface area contributed by atoms with Crippen molar-refractivity contribution in [2.45, 2.75) is 18.8 Å². The van der Waals surface area contributed by atoms with Crippen LogP contribution in [0.2, 0.25) is 0 Å². The molecular formula is C24H24N4O4. The van der Waals surface area contributed by atoms with Gasteiger partial charge in [-0.25, -0.2) is 0 Å². The molecule has 3 heterocycles. The Morgan fingerprint density at radius 1 is 1.12 bits per heavy atom.